The van der Waals surface area contributed by atoms with Crippen molar-refractivity contribution >= 4 is 21.6 Å². The molecule has 138 valence electrons. The number of benzene rings is 1. The standard InChI is InChI=1S/C18H27N3O3S/c1-13-11-15(21-9-4-10-25(21,23)24)7-8-16(13)18(22)20-17-6-3-2-5-14(17)12-19/h7-8,11,14,17H,2-6,9-10,12,19H2,1H3,(H,20,22). The Kier molecular flexibility index (Phi) is 5.34. The quantitative estimate of drug-likeness (QED) is 0.851. The molecule has 1 amide bonds. The molecule has 0 spiro atoms. The van der Waals surface area contributed by atoms with Crippen LogP contribution in [-0.4, -0.2) is 39.2 Å². The third kappa shape index (κ3) is 3.82. The van der Waals surface area contributed by atoms with Crippen molar-refractivity contribution in [3.63, 3.8) is 0 Å². The highest BCUT2D eigenvalue weighted by Gasteiger charge is 2.29. The monoisotopic (exact) mass is 365 g/mol. The molecule has 2 unspecified atom stereocenters. The fraction of sp³-hybridized carbons (Fsp3) is 0.611. The van der Waals surface area contributed by atoms with Gasteiger partial charge in [-0.05, 0) is 62.4 Å². The highest BCUT2D eigenvalue weighted by Crippen LogP contribution is 2.27. The third-order valence-corrected chi connectivity index (χ3v) is 7.24. The van der Waals surface area contributed by atoms with Gasteiger partial charge in [-0.3, -0.25) is 9.10 Å². The molecule has 2 fully saturated rings. The largest absolute Gasteiger partial charge is 0.349 e. The highest BCUT2D eigenvalue weighted by atomic mass is 32.2. The van der Waals surface area contributed by atoms with Crippen LogP contribution >= 0.6 is 0 Å². The van der Waals surface area contributed by atoms with Crippen LogP contribution in [0.2, 0.25) is 0 Å². The van der Waals surface area contributed by atoms with Gasteiger partial charge in [0, 0.05) is 18.2 Å². The zero-order valence-corrected chi connectivity index (χ0v) is 15.5. The minimum absolute atomic E-state index is 0.0984. The molecule has 2 aliphatic rings. The van der Waals surface area contributed by atoms with E-state index in [0.29, 0.717) is 36.7 Å². The summed E-state index contributed by atoms with van der Waals surface area (Å²) >= 11 is 0. The summed E-state index contributed by atoms with van der Waals surface area (Å²) in [6.07, 6.45) is 4.97. The Hall–Kier alpha value is -1.60. The van der Waals surface area contributed by atoms with Gasteiger partial charge in [0.1, 0.15) is 0 Å². The summed E-state index contributed by atoms with van der Waals surface area (Å²) in [4.78, 5) is 12.7. The van der Waals surface area contributed by atoms with E-state index in [1.165, 1.54) is 10.7 Å². The van der Waals surface area contributed by atoms with Crippen molar-refractivity contribution < 1.29 is 13.2 Å². The maximum absolute atomic E-state index is 12.7. The lowest BCUT2D eigenvalue weighted by atomic mass is 9.84. The number of hydrogen-bond donors (Lipinski definition) is 2. The summed E-state index contributed by atoms with van der Waals surface area (Å²) in [7, 11) is -3.20. The normalized spacial score (nSPS) is 25.8. The Labute approximate surface area is 149 Å². The van der Waals surface area contributed by atoms with Gasteiger partial charge < -0.3 is 11.1 Å². The van der Waals surface area contributed by atoms with Crippen LogP contribution < -0.4 is 15.4 Å². The number of nitrogens with two attached hydrogens (primary N) is 1. The second kappa shape index (κ2) is 7.33. The molecule has 0 aromatic heterocycles. The van der Waals surface area contributed by atoms with Crippen LogP contribution in [0.1, 0.15) is 48.0 Å². The average molecular weight is 365 g/mol. The van der Waals surface area contributed by atoms with Gasteiger partial charge >= 0.3 is 0 Å². The Balaban J connectivity index is 1.75. The molecule has 1 aromatic carbocycles. The number of carbonyl (C=O) groups excluding carboxylic acids is 1. The summed E-state index contributed by atoms with van der Waals surface area (Å²) in [6.45, 7) is 2.95. The van der Waals surface area contributed by atoms with Gasteiger partial charge in [0.2, 0.25) is 10.0 Å². The van der Waals surface area contributed by atoms with E-state index in [1.54, 1.807) is 18.2 Å². The zero-order chi connectivity index (χ0) is 18.0. The number of nitrogens with zero attached hydrogens (tertiary/aromatic N) is 1. The Bertz CT molecular complexity index is 748. The summed E-state index contributed by atoms with van der Waals surface area (Å²) in [5.41, 5.74) is 7.87. The molecule has 25 heavy (non-hydrogen) atoms. The predicted molar refractivity (Wildman–Crippen MR) is 99.2 cm³/mol. The number of carbonyl (C=O) groups is 1. The minimum atomic E-state index is -3.20. The number of aryl methyl sites for hydroxylation is 1. The maximum atomic E-state index is 12.7. The Morgan fingerprint density at radius 3 is 2.68 bits per heavy atom. The summed E-state index contributed by atoms with van der Waals surface area (Å²) in [5.74, 6) is 0.432. The van der Waals surface area contributed by atoms with Crippen molar-refractivity contribution in [1.29, 1.82) is 0 Å². The van der Waals surface area contributed by atoms with Crippen LogP contribution in [0, 0.1) is 12.8 Å². The summed E-state index contributed by atoms with van der Waals surface area (Å²) in [6, 6.07) is 5.38. The fourth-order valence-electron chi connectivity index (χ4n) is 3.91. The smallest absolute Gasteiger partial charge is 0.251 e. The molecular formula is C18H27N3O3S. The van der Waals surface area contributed by atoms with Gasteiger partial charge in [-0.15, -0.1) is 0 Å². The first-order chi connectivity index (χ1) is 11.9. The van der Waals surface area contributed by atoms with Gasteiger partial charge in [0.05, 0.1) is 11.4 Å². The topological polar surface area (TPSA) is 92.5 Å². The van der Waals surface area contributed by atoms with Gasteiger partial charge in [-0.1, -0.05) is 12.8 Å². The third-order valence-electron chi connectivity index (χ3n) is 5.37. The lowest BCUT2D eigenvalue weighted by Gasteiger charge is -2.31. The fourth-order valence-corrected chi connectivity index (χ4v) is 5.47. The Morgan fingerprint density at radius 1 is 1.28 bits per heavy atom. The molecule has 3 rings (SSSR count). The van der Waals surface area contributed by atoms with Crippen molar-refractivity contribution in [2.45, 2.75) is 45.1 Å². The van der Waals surface area contributed by atoms with E-state index >= 15 is 0 Å². The molecule has 1 saturated heterocycles. The van der Waals surface area contributed by atoms with Gasteiger partial charge in [-0.2, -0.15) is 0 Å². The number of anilines is 1. The first-order valence-corrected chi connectivity index (χ1v) is 10.7. The minimum Gasteiger partial charge on any atom is -0.349 e. The SMILES string of the molecule is Cc1cc(N2CCCS2(=O)=O)ccc1C(=O)NC1CCCCC1CN. The van der Waals surface area contributed by atoms with E-state index in [4.69, 9.17) is 5.73 Å². The first-order valence-electron chi connectivity index (χ1n) is 9.04. The van der Waals surface area contributed by atoms with Crippen molar-refractivity contribution in [2.24, 2.45) is 11.7 Å². The molecule has 3 N–H and O–H groups in total. The molecule has 2 atom stereocenters. The number of sulfonamides is 1. The molecule has 0 bridgehead atoms. The number of rotatable bonds is 4. The van der Waals surface area contributed by atoms with Crippen LogP contribution in [0.4, 0.5) is 5.69 Å². The molecule has 0 radical (unpaired) electrons. The zero-order valence-electron chi connectivity index (χ0n) is 14.7. The van der Waals surface area contributed by atoms with Crippen LogP contribution in [0.3, 0.4) is 0 Å². The highest BCUT2D eigenvalue weighted by molar-refractivity contribution is 7.93. The number of amides is 1. The van der Waals surface area contributed by atoms with Crippen LogP contribution in [-0.2, 0) is 10.0 Å². The van der Waals surface area contributed by atoms with E-state index < -0.39 is 10.0 Å². The van der Waals surface area contributed by atoms with E-state index in [0.717, 1.165) is 24.8 Å². The van der Waals surface area contributed by atoms with Gasteiger partial charge in [0.25, 0.3) is 5.91 Å². The molecule has 1 saturated carbocycles. The van der Waals surface area contributed by atoms with Crippen molar-refractivity contribution in [3.8, 4) is 0 Å². The van der Waals surface area contributed by atoms with Crippen LogP contribution in [0.5, 0.6) is 0 Å². The predicted octanol–water partition coefficient (Wildman–Crippen LogP) is 1.78. The molecule has 7 heteroatoms. The molecule has 1 aliphatic heterocycles. The molecular weight excluding hydrogens is 338 g/mol. The second-order valence-electron chi connectivity index (χ2n) is 7.10. The van der Waals surface area contributed by atoms with Crippen LogP contribution in [0.15, 0.2) is 18.2 Å². The van der Waals surface area contributed by atoms with Crippen molar-refractivity contribution in [3.05, 3.63) is 29.3 Å². The molecule has 1 aliphatic carbocycles. The average Bonchev–Trinajstić information content (AvgIpc) is 2.94. The van der Waals surface area contributed by atoms with Gasteiger partial charge in [0.15, 0.2) is 0 Å². The first kappa shape index (κ1) is 18.2. The second-order valence-corrected chi connectivity index (χ2v) is 9.11. The van der Waals surface area contributed by atoms with E-state index in [9.17, 15) is 13.2 Å². The van der Waals surface area contributed by atoms with E-state index in [-0.39, 0.29) is 17.7 Å². The number of hydrogen-bond acceptors (Lipinski definition) is 4. The molecule has 1 heterocycles. The van der Waals surface area contributed by atoms with Crippen molar-refractivity contribution in [2.75, 3.05) is 23.1 Å². The maximum Gasteiger partial charge on any atom is 0.251 e. The van der Waals surface area contributed by atoms with E-state index in [1.807, 2.05) is 6.92 Å². The summed E-state index contributed by atoms with van der Waals surface area (Å²) < 4.78 is 25.6. The van der Waals surface area contributed by atoms with Gasteiger partial charge in [-0.25, -0.2) is 8.42 Å². The van der Waals surface area contributed by atoms with E-state index in [2.05, 4.69) is 5.32 Å². The lowest BCUT2D eigenvalue weighted by Crippen LogP contribution is -2.44. The van der Waals surface area contributed by atoms with Crippen LogP contribution in [0.25, 0.3) is 0 Å². The Morgan fingerprint density at radius 2 is 2.04 bits per heavy atom. The molecule has 1 aromatic rings. The van der Waals surface area contributed by atoms with Crippen molar-refractivity contribution in [1.82, 2.24) is 5.32 Å². The lowest BCUT2D eigenvalue weighted by molar-refractivity contribution is 0.0907. The molecule has 6 nitrogen and oxygen atoms in total. The summed E-state index contributed by atoms with van der Waals surface area (Å²) in [5, 5.41) is 3.13. The number of nitrogens with one attached hydrogen (secondary N) is 1.